The fraction of sp³-hybridized carbons (Fsp3) is 0.556. The molecule has 0 aromatic rings. The van der Waals surface area contributed by atoms with Crippen molar-refractivity contribution in [3.05, 3.63) is 24.4 Å². The molecule has 0 spiro atoms. The Kier molecular flexibility index (Phi) is 3.31. The van der Waals surface area contributed by atoms with E-state index in [9.17, 15) is 0 Å². The molecule has 1 rings (SSSR count). The molecular weight excluding hydrogens is 152 g/mol. The van der Waals surface area contributed by atoms with Gasteiger partial charge >= 0.3 is 0 Å². The van der Waals surface area contributed by atoms with E-state index in [0.29, 0.717) is 0 Å². The van der Waals surface area contributed by atoms with Crippen LogP contribution in [0.3, 0.4) is 0 Å². The van der Waals surface area contributed by atoms with Crippen molar-refractivity contribution in [3.63, 3.8) is 0 Å². The van der Waals surface area contributed by atoms with Crippen LogP contribution in [0.1, 0.15) is 19.3 Å². The zero-order valence-electron chi connectivity index (χ0n) is 7.16. The number of dihydropyridines is 1. The van der Waals surface area contributed by atoms with E-state index < -0.39 is 5.66 Å². The third-order valence-corrected chi connectivity index (χ3v) is 1.95. The Morgan fingerprint density at radius 2 is 2.17 bits per heavy atom. The Morgan fingerprint density at radius 1 is 1.33 bits per heavy atom. The smallest absolute Gasteiger partial charge is 0.105 e. The lowest BCUT2D eigenvalue weighted by atomic mass is 10.0. The van der Waals surface area contributed by atoms with Gasteiger partial charge in [-0.15, -0.1) is 0 Å². The summed E-state index contributed by atoms with van der Waals surface area (Å²) in [7, 11) is 0. The van der Waals surface area contributed by atoms with E-state index >= 15 is 0 Å². The number of aliphatic hydroxyl groups is 1. The first-order chi connectivity index (χ1) is 5.77. The van der Waals surface area contributed by atoms with Crippen molar-refractivity contribution < 1.29 is 5.11 Å². The molecule has 0 saturated heterocycles. The summed E-state index contributed by atoms with van der Waals surface area (Å²) in [6, 6.07) is 0. The number of allylic oxidation sites excluding steroid dienone is 2. The van der Waals surface area contributed by atoms with Gasteiger partial charge in [0.05, 0.1) is 0 Å². The van der Waals surface area contributed by atoms with E-state index in [-0.39, 0.29) is 6.61 Å². The summed E-state index contributed by atoms with van der Waals surface area (Å²) in [5, 5.41) is 11.7. The van der Waals surface area contributed by atoms with Gasteiger partial charge in [-0.2, -0.15) is 0 Å². The fourth-order valence-corrected chi connectivity index (χ4v) is 1.22. The number of nitrogens with two attached hydrogens (primary N) is 1. The van der Waals surface area contributed by atoms with Crippen LogP contribution < -0.4 is 11.1 Å². The van der Waals surface area contributed by atoms with Crippen LogP contribution in [0, 0.1) is 0 Å². The third-order valence-electron chi connectivity index (χ3n) is 1.95. The van der Waals surface area contributed by atoms with Crippen LogP contribution in [0.4, 0.5) is 0 Å². The van der Waals surface area contributed by atoms with Crippen LogP contribution >= 0.6 is 0 Å². The minimum absolute atomic E-state index is 0.246. The van der Waals surface area contributed by atoms with Gasteiger partial charge < -0.3 is 16.2 Å². The second kappa shape index (κ2) is 4.28. The Bertz CT molecular complexity index is 189. The molecule has 68 valence electrons. The molecule has 0 saturated carbocycles. The van der Waals surface area contributed by atoms with Crippen molar-refractivity contribution in [3.8, 4) is 0 Å². The first-order valence-corrected chi connectivity index (χ1v) is 4.29. The van der Waals surface area contributed by atoms with Crippen molar-refractivity contribution in [2.24, 2.45) is 5.73 Å². The lowest BCUT2D eigenvalue weighted by Gasteiger charge is -2.28. The summed E-state index contributed by atoms with van der Waals surface area (Å²) in [5.74, 6) is 0. The second-order valence-corrected chi connectivity index (χ2v) is 3.08. The first-order valence-electron chi connectivity index (χ1n) is 4.29. The molecule has 1 aliphatic rings. The zero-order chi connectivity index (χ0) is 8.86. The van der Waals surface area contributed by atoms with Crippen molar-refractivity contribution in [1.29, 1.82) is 0 Å². The second-order valence-electron chi connectivity index (χ2n) is 3.08. The van der Waals surface area contributed by atoms with Crippen LogP contribution in [0.2, 0.25) is 0 Å². The Labute approximate surface area is 73.0 Å². The lowest BCUT2D eigenvalue weighted by Crippen LogP contribution is -2.50. The summed E-state index contributed by atoms with van der Waals surface area (Å²) in [6.07, 6.45) is 10.3. The highest BCUT2D eigenvalue weighted by atomic mass is 16.2. The van der Waals surface area contributed by atoms with Gasteiger partial charge in [-0.1, -0.05) is 6.08 Å². The van der Waals surface area contributed by atoms with E-state index in [2.05, 4.69) is 5.32 Å². The average molecular weight is 168 g/mol. The van der Waals surface area contributed by atoms with Crippen LogP contribution in [0.5, 0.6) is 0 Å². The van der Waals surface area contributed by atoms with Gasteiger partial charge in [0.1, 0.15) is 5.66 Å². The van der Waals surface area contributed by atoms with Crippen molar-refractivity contribution in [1.82, 2.24) is 5.32 Å². The lowest BCUT2D eigenvalue weighted by molar-refractivity contribution is 0.275. The van der Waals surface area contributed by atoms with Crippen LogP contribution in [0.25, 0.3) is 0 Å². The minimum Gasteiger partial charge on any atom is -0.396 e. The quantitative estimate of drug-likeness (QED) is 0.535. The van der Waals surface area contributed by atoms with Crippen LogP contribution in [0.15, 0.2) is 24.4 Å². The van der Waals surface area contributed by atoms with E-state index in [1.807, 2.05) is 24.4 Å². The molecule has 12 heavy (non-hydrogen) atoms. The molecule has 1 unspecified atom stereocenters. The maximum Gasteiger partial charge on any atom is 0.105 e. The van der Waals surface area contributed by atoms with Gasteiger partial charge in [-0.3, -0.25) is 0 Å². The van der Waals surface area contributed by atoms with Gasteiger partial charge in [0, 0.05) is 6.61 Å². The number of aliphatic hydroxyl groups excluding tert-OH is 1. The van der Waals surface area contributed by atoms with Crippen LogP contribution in [-0.4, -0.2) is 17.4 Å². The van der Waals surface area contributed by atoms with Crippen molar-refractivity contribution >= 4 is 0 Å². The van der Waals surface area contributed by atoms with Gasteiger partial charge in [0.25, 0.3) is 0 Å². The van der Waals surface area contributed by atoms with E-state index in [4.69, 9.17) is 10.8 Å². The molecule has 0 fully saturated rings. The summed E-state index contributed by atoms with van der Waals surface area (Å²) in [6.45, 7) is 0.246. The van der Waals surface area contributed by atoms with Crippen molar-refractivity contribution in [2.75, 3.05) is 6.61 Å². The molecule has 4 N–H and O–H groups in total. The fourth-order valence-electron chi connectivity index (χ4n) is 1.22. The Balaban J connectivity index is 2.29. The number of hydrogen-bond donors (Lipinski definition) is 3. The molecule has 0 aromatic heterocycles. The van der Waals surface area contributed by atoms with Crippen LogP contribution in [-0.2, 0) is 0 Å². The molecule has 0 aliphatic carbocycles. The van der Waals surface area contributed by atoms with Gasteiger partial charge in [0.15, 0.2) is 0 Å². The molecule has 1 heterocycles. The topological polar surface area (TPSA) is 58.3 Å². The summed E-state index contributed by atoms with van der Waals surface area (Å²) in [5.41, 5.74) is 5.57. The molecular formula is C9H16N2O. The Morgan fingerprint density at radius 3 is 2.75 bits per heavy atom. The Hall–Kier alpha value is -0.800. The number of hydrogen-bond acceptors (Lipinski definition) is 3. The van der Waals surface area contributed by atoms with E-state index in [1.165, 1.54) is 0 Å². The predicted molar refractivity (Wildman–Crippen MR) is 49.3 cm³/mol. The molecule has 1 atom stereocenters. The summed E-state index contributed by atoms with van der Waals surface area (Å²) in [4.78, 5) is 0. The highest BCUT2D eigenvalue weighted by Gasteiger charge is 2.19. The van der Waals surface area contributed by atoms with Gasteiger partial charge in [-0.05, 0) is 37.6 Å². The monoisotopic (exact) mass is 168 g/mol. The SMILES string of the molecule is NC1(CCCCO)C=CC=CN1. The largest absolute Gasteiger partial charge is 0.396 e. The molecule has 3 nitrogen and oxygen atoms in total. The van der Waals surface area contributed by atoms with E-state index in [0.717, 1.165) is 19.3 Å². The molecule has 1 aliphatic heterocycles. The van der Waals surface area contributed by atoms with E-state index in [1.54, 1.807) is 0 Å². The number of unbranched alkanes of at least 4 members (excludes halogenated alkanes) is 1. The standard InChI is InChI=1S/C9H16N2O/c10-9(6-2-4-8-12)5-1-3-7-11-9/h1,3,5,7,11-12H,2,4,6,8,10H2. The van der Waals surface area contributed by atoms with Gasteiger partial charge in [0.2, 0.25) is 0 Å². The molecule has 3 heteroatoms. The minimum atomic E-state index is -0.399. The normalized spacial score (nSPS) is 27.2. The molecule has 0 aromatic carbocycles. The summed E-state index contributed by atoms with van der Waals surface area (Å²) >= 11 is 0. The average Bonchev–Trinajstić information content (AvgIpc) is 2.06. The predicted octanol–water partition coefficient (Wildman–Crippen LogP) is 0.477. The maximum absolute atomic E-state index is 8.59. The van der Waals surface area contributed by atoms with Gasteiger partial charge in [-0.25, -0.2) is 0 Å². The zero-order valence-corrected chi connectivity index (χ0v) is 7.16. The highest BCUT2D eigenvalue weighted by molar-refractivity contribution is 5.17. The third kappa shape index (κ3) is 2.68. The first kappa shape index (κ1) is 9.29. The van der Waals surface area contributed by atoms with Crippen molar-refractivity contribution in [2.45, 2.75) is 24.9 Å². The maximum atomic E-state index is 8.59. The molecule has 0 amide bonds. The molecule has 0 bridgehead atoms. The highest BCUT2D eigenvalue weighted by Crippen LogP contribution is 2.12. The number of nitrogens with one attached hydrogen (secondary N) is 1. The molecule has 0 radical (unpaired) electrons. The number of rotatable bonds is 4. The summed E-state index contributed by atoms with van der Waals surface area (Å²) < 4.78 is 0.